The molecule has 0 aromatic heterocycles. The molecule has 198 valence electrons. The van der Waals surface area contributed by atoms with Gasteiger partial charge in [0.1, 0.15) is 9.79 Å². The molecule has 3 aromatic carbocycles. The number of fused-ring (bicyclic) bond motifs is 2. The molecule has 36 heavy (non-hydrogen) atoms. The molecule has 0 heterocycles. The lowest BCUT2D eigenvalue weighted by Crippen LogP contribution is -2.09. The second-order valence-corrected chi connectivity index (χ2v) is 13.0. The molecule has 0 radical (unpaired) electrons. The van der Waals surface area contributed by atoms with E-state index < -0.39 is 45.0 Å². The van der Waals surface area contributed by atoms with Crippen LogP contribution < -0.4 is 0 Å². The fourth-order valence-electron chi connectivity index (χ4n) is 4.57. The second-order valence-electron chi connectivity index (χ2n) is 8.87. The summed E-state index contributed by atoms with van der Waals surface area (Å²) in [6.45, 7) is 3.93. The van der Waals surface area contributed by atoms with Crippen LogP contribution in [0.5, 0.6) is 0 Å². The fourth-order valence-corrected chi connectivity index (χ4v) is 6.76. The van der Waals surface area contributed by atoms with Gasteiger partial charge in [-0.3, -0.25) is 13.7 Å². The SMILES string of the molecule is CCCCCCc1cc(S(=O)(=O)O)c2c(CCCC)c3cc(S(=O)(=O)O)ccc3c(S(=O)(=O)O)c2c1. The van der Waals surface area contributed by atoms with E-state index in [2.05, 4.69) is 0 Å². The molecule has 0 spiro atoms. The molecule has 0 aliphatic rings. The predicted molar refractivity (Wildman–Crippen MR) is 137 cm³/mol. The van der Waals surface area contributed by atoms with Gasteiger partial charge in [-0.25, -0.2) is 0 Å². The molecule has 0 fully saturated rings. The van der Waals surface area contributed by atoms with E-state index in [1.54, 1.807) is 0 Å². The first-order valence-electron chi connectivity index (χ1n) is 11.7. The minimum atomic E-state index is -4.94. The lowest BCUT2D eigenvalue weighted by molar-refractivity contribution is 0.481. The molecule has 12 heteroatoms. The summed E-state index contributed by atoms with van der Waals surface area (Å²) in [6, 6.07) is 6.03. The van der Waals surface area contributed by atoms with Gasteiger partial charge in [0.25, 0.3) is 30.4 Å². The third kappa shape index (κ3) is 6.06. The number of hydrogen-bond acceptors (Lipinski definition) is 6. The van der Waals surface area contributed by atoms with E-state index in [1.165, 1.54) is 12.1 Å². The summed E-state index contributed by atoms with van der Waals surface area (Å²) >= 11 is 0. The molecule has 9 nitrogen and oxygen atoms in total. The summed E-state index contributed by atoms with van der Waals surface area (Å²) in [7, 11) is -14.5. The minimum Gasteiger partial charge on any atom is -0.282 e. The van der Waals surface area contributed by atoms with E-state index in [0.29, 0.717) is 36.8 Å². The van der Waals surface area contributed by atoms with Gasteiger partial charge in [-0.15, -0.1) is 0 Å². The summed E-state index contributed by atoms with van der Waals surface area (Å²) in [5, 5.41) is -0.153. The summed E-state index contributed by atoms with van der Waals surface area (Å²) in [6.07, 6.45) is 5.40. The van der Waals surface area contributed by atoms with E-state index in [4.69, 9.17) is 0 Å². The van der Waals surface area contributed by atoms with Crippen molar-refractivity contribution in [1.29, 1.82) is 0 Å². The highest BCUT2D eigenvalue weighted by Crippen LogP contribution is 2.41. The molecule has 0 saturated heterocycles. The average Bonchev–Trinajstić information content (AvgIpc) is 2.76. The molecular formula is C24H30O9S3. The van der Waals surface area contributed by atoms with Crippen molar-refractivity contribution in [3.05, 3.63) is 41.5 Å². The van der Waals surface area contributed by atoms with Crippen molar-refractivity contribution in [2.24, 2.45) is 0 Å². The van der Waals surface area contributed by atoms with Gasteiger partial charge in [0.2, 0.25) is 0 Å². The van der Waals surface area contributed by atoms with Gasteiger partial charge < -0.3 is 0 Å². The van der Waals surface area contributed by atoms with Crippen LogP contribution in [0, 0.1) is 0 Å². The van der Waals surface area contributed by atoms with Crippen molar-refractivity contribution in [3.63, 3.8) is 0 Å². The molecule has 0 atom stereocenters. The molecule has 0 saturated carbocycles. The Labute approximate surface area is 211 Å². The standard InChI is InChI=1S/C24H30O9S3/c1-3-5-7-8-9-16-13-21-23(22(14-16)35(28,29)30)18(10-6-4-2)20-15-17(34(25,26)27)11-12-19(20)24(21)36(31,32)33/h11-15H,3-10H2,1-2H3,(H,25,26,27)(H,28,29,30)(H,31,32,33). The quantitative estimate of drug-likeness (QED) is 0.163. The van der Waals surface area contributed by atoms with Gasteiger partial charge in [0, 0.05) is 16.2 Å². The van der Waals surface area contributed by atoms with E-state index in [-0.39, 0.29) is 28.0 Å². The number of benzene rings is 3. The summed E-state index contributed by atoms with van der Waals surface area (Å²) in [5.41, 5.74) is 0.774. The number of unbranched alkanes of at least 4 members (excludes halogenated alkanes) is 4. The number of rotatable bonds is 11. The minimum absolute atomic E-state index is 0.0204. The van der Waals surface area contributed by atoms with Gasteiger partial charge >= 0.3 is 0 Å². The normalized spacial score (nSPS) is 13.0. The van der Waals surface area contributed by atoms with Gasteiger partial charge in [0.15, 0.2) is 0 Å². The molecule has 0 amide bonds. The van der Waals surface area contributed by atoms with Crippen molar-refractivity contribution in [3.8, 4) is 0 Å². The van der Waals surface area contributed by atoms with Crippen molar-refractivity contribution >= 4 is 51.9 Å². The molecule has 0 unspecified atom stereocenters. The molecule has 0 bridgehead atoms. The highest BCUT2D eigenvalue weighted by molar-refractivity contribution is 7.86. The second kappa shape index (κ2) is 10.7. The highest BCUT2D eigenvalue weighted by atomic mass is 32.2. The first-order valence-corrected chi connectivity index (χ1v) is 16.0. The first kappa shape index (κ1) is 28.5. The lowest BCUT2D eigenvalue weighted by Gasteiger charge is -2.19. The van der Waals surface area contributed by atoms with Crippen LogP contribution in [0.25, 0.3) is 21.5 Å². The summed E-state index contributed by atoms with van der Waals surface area (Å²) in [5.74, 6) is 0. The lowest BCUT2D eigenvalue weighted by atomic mass is 9.91. The third-order valence-corrected chi connectivity index (χ3v) is 8.89. The summed E-state index contributed by atoms with van der Waals surface area (Å²) < 4.78 is 104. The molecule has 0 aliphatic carbocycles. The zero-order valence-electron chi connectivity index (χ0n) is 20.1. The van der Waals surface area contributed by atoms with Crippen LogP contribution in [-0.4, -0.2) is 38.9 Å². The predicted octanol–water partition coefficient (Wildman–Crippen LogP) is 5.20. The Balaban J connectivity index is 2.59. The van der Waals surface area contributed by atoms with Gasteiger partial charge in [-0.05, 0) is 66.5 Å². The molecule has 3 rings (SSSR count). The number of aryl methyl sites for hydroxylation is 2. The van der Waals surface area contributed by atoms with Gasteiger partial charge in [-0.1, -0.05) is 45.6 Å². The Bertz CT molecular complexity index is 1620. The fraction of sp³-hybridized carbons (Fsp3) is 0.417. The highest BCUT2D eigenvalue weighted by Gasteiger charge is 2.28. The van der Waals surface area contributed by atoms with E-state index in [9.17, 15) is 38.9 Å². The topological polar surface area (TPSA) is 163 Å². The van der Waals surface area contributed by atoms with Crippen molar-refractivity contribution in [2.75, 3.05) is 0 Å². The Morgan fingerprint density at radius 2 is 1.31 bits per heavy atom. The summed E-state index contributed by atoms with van der Waals surface area (Å²) in [4.78, 5) is -1.62. The maximum atomic E-state index is 12.6. The van der Waals surface area contributed by atoms with Gasteiger partial charge in [-0.2, -0.15) is 25.3 Å². The van der Waals surface area contributed by atoms with Crippen LogP contribution >= 0.6 is 0 Å². The van der Waals surface area contributed by atoms with Crippen LogP contribution in [0.1, 0.15) is 63.5 Å². The van der Waals surface area contributed by atoms with Crippen molar-refractivity contribution in [2.45, 2.75) is 79.9 Å². The van der Waals surface area contributed by atoms with Crippen LogP contribution in [-0.2, 0) is 43.2 Å². The zero-order chi connectivity index (χ0) is 26.9. The molecule has 0 aliphatic heterocycles. The molecule has 3 aromatic rings. The van der Waals surface area contributed by atoms with Crippen LogP contribution in [0.4, 0.5) is 0 Å². The largest absolute Gasteiger partial charge is 0.295 e. The maximum absolute atomic E-state index is 12.6. The smallest absolute Gasteiger partial charge is 0.282 e. The van der Waals surface area contributed by atoms with Crippen LogP contribution in [0.3, 0.4) is 0 Å². The van der Waals surface area contributed by atoms with Crippen molar-refractivity contribution in [1.82, 2.24) is 0 Å². The Morgan fingerprint density at radius 3 is 1.86 bits per heavy atom. The van der Waals surface area contributed by atoms with Crippen LogP contribution in [0.2, 0.25) is 0 Å². The molecular weight excluding hydrogens is 528 g/mol. The average molecular weight is 559 g/mol. The monoisotopic (exact) mass is 558 g/mol. The van der Waals surface area contributed by atoms with E-state index in [1.807, 2.05) is 13.8 Å². The molecule has 3 N–H and O–H groups in total. The zero-order valence-corrected chi connectivity index (χ0v) is 22.5. The maximum Gasteiger partial charge on any atom is 0.295 e. The Morgan fingerprint density at radius 1 is 0.639 bits per heavy atom. The Hall–Kier alpha value is -2.09. The van der Waals surface area contributed by atoms with Crippen LogP contribution in [0.15, 0.2) is 45.0 Å². The first-order chi connectivity index (χ1) is 16.7. The van der Waals surface area contributed by atoms with Crippen molar-refractivity contribution < 1.29 is 38.9 Å². The van der Waals surface area contributed by atoms with E-state index >= 15 is 0 Å². The van der Waals surface area contributed by atoms with Gasteiger partial charge in [0.05, 0.1) is 4.90 Å². The van der Waals surface area contributed by atoms with E-state index in [0.717, 1.165) is 37.5 Å². The Kier molecular flexibility index (Phi) is 8.48. The number of hydrogen-bond donors (Lipinski definition) is 3. The third-order valence-electron chi connectivity index (χ3n) is 6.20.